The zero-order chi connectivity index (χ0) is 42.7. The van der Waals surface area contributed by atoms with Crippen LogP contribution < -0.4 is 40.8 Å². The average molecular weight is 840 g/mol. The van der Waals surface area contributed by atoms with Gasteiger partial charge in [-0.1, -0.05) is 0 Å². The number of fused-ring (bicyclic) bond motifs is 1. The number of hydrazine groups is 1. The van der Waals surface area contributed by atoms with E-state index in [1.807, 2.05) is 6.07 Å². The lowest BCUT2D eigenvalue weighted by Gasteiger charge is -2.37. The molecule has 4 amide bonds. The van der Waals surface area contributed by atoms with Crippen LogP contribution in [0.4, 0.5) is 52.1 Å². The first-order chi connectivity index (χ1) is 28.7. The van der Waals surface area contributed by atoms with E-state index in [2.05, 4.69) is 41.1 Å². The fourth-order valence-electron chi connectivity index (χ4n) is 7.98. The number of nitrogens with one attached hydrogen (secondary N) is 4. The van der Waals surface area contributed by atoms with Gasteiger partial charge in [0, 0.05) is 71.0 Å². The molecule has 7 rings (SSSR count). The van der Waals surface area contributed by atoms with Crippen LogP contribution in [0.3, 0.4) is 0 Å². The number of alkyl halides is 2. The van der Waals surface area contributed by atoms with E-state index in [1.165, 1.54) is 37.4 Å². The molecule has 3 aromatic rings. The Balaban J connectivity index is 0.865. The highest BCUT2D eigenvalue weighted by Crippen LogP contribution is 2.37. The summed E-state index contributed by atoms with van der Waals surface area (Å²) in [5, 5.41) is 9.83. The standard InChI is InChI=1S/C40H49F4N11O5/c1-4-53-23-40(43,44)38(59)51(2)32-22-45-39(49-35(32)53)47-31-21-27(41)26(20-33(31)60-3)36(57)50-55-13-10-24(11-14-55)9-12-52-15-17-54(18-16-52)25-5-6-29(28(42)19-25)46-30-7-8-34(56)48-37(30)58/h5-6,19-22,24,30,46H,4,7-18,23H2,1-3H3,(H,50,57)(H,45,47,49)(H,48,56,58). The molecule has 4 aliphatic rings. The van der Waals surface area contributed by atoms with E-state index in [-0.39, 0.29) is 59.0 Å². The molecule has 3 fully saturated rings. The minimum atomic E-state index is -3.64. The minimum absolute atomic E-state index is 0.0554. The van der Waals surface area contributed by atoms with E-state index in [4.69, 9.17) is 4.74 Å². The molecule has 60 heavy (non-hydrogen) atoms. The van der Waals surface area contributed by atoms with Gasteiger partial charge in [-0.25, -0.2) is 18.8 Å². The smallest absolute Gasteiger partial charge is 0.342 e. The third-order valence-electron chi connectivity index (χ3n) is 11.6. The number of imide groups is 1. The highest BCUT2D eigenvalue weighted by Gasteiger charge is 2.47. The van der Waals surface area contributed by atoms with Gasteiger partial charge >= 0.3 is 5.92 Å². The molecule has 1 unspecified atom stereocenters. The van der Waals surface area contributed by atoms with Crippen LogP contribution in [0.25, 0.3) is 0 Å². The number of rotatable bonds is 12. The monoisotopic (exact) mass is 839 g/mol. The maximum atomic E-state index is 15.5. The Morgan fingerprint density at radius 1 is 0.983 bits per heavy atom. The van der Waals surface area contributed by atoms with Crippen LogP contribution >= 0.6 is 0 Å². The van der Waals surface area contributed by atoms with Gasteiger partial charge in [-0.2, -0.15) is 13.8 Å². The van der Waals surface area contributed by atoms with Crippen molar-refractivity contribution in [2.24, 2.45) is 5.92 Å². The van der Waals surface area contributed by atoms with Crippen molar-refractivity contribution in [1.29, 1.82) is 0 Å². The third-order valence-corrected chi connectivity index (χ3v) is 11.6. The first-order valence-corrected chi connectivity index (χ1v) is 20.1. The second kappa shape index (κ2) is 17.8. The summed E-state index contributed by atoms with van der Waals surface area (Å²) in [6.07, 6.45) is 4.45. The topological polar surface area (TPSA) is 168 Å². The largest absolute Gasteiger partial charge is 0.495 e. The Morgan fingerprint density at radius 2 is 1.73 bits per heavy atom. The molecule has 20 heteroatoms. The van der Waals surface area contributed by atoms with Gasteiger partial charge in [0.25, 0.3) is 11.8 Å². The summed E-state index contributed by atoms with van der Waals surface area (Å²) in [4.78, 5) is 64.3. The molecule has 0 saturated carbocycles. The predicted octanol–water partition coefficient (Wildman–Crippen LogP) is 3.73. The highest BCUT2D eigenvalue weighted by atomic mass is 19.3. The Hall–Kier alpha value is -5.76. The van der Waals surface area contributed by atoms with Crippen molar-refractivity contribution in [2.75, 3.05) is 98.4 Å². The van der Waals surface area contributed by atoms with Gasteiger partial charge in [-0.3, -0.25) is 34.8 Å². The van der Waals surface area contributed by atoms with Crippen LogP contribution in [-0.4, -0.2) is 129 Å². The number of carbonyl (C=O) groups excluding carboxylic acids is 4. The predicted molar refractivity (Wildman–Crippen MR) is 216 cm³/mol. The number of piperazine rings is 1. The van der Waals surface area contributed by atoms with E-state index >= 15 is 8.78 Å². The summed E-state index contributed by atoms with van der Waals surface area (Å²) < 4.78 is 65.1. The van der Waals surface area contributed by atoms with E-state index in [9.17, 15) is 28.0 Å². The summed E-state index contributed by atoms with van der Waals surface area (Å²) >= 11 is 0. The van der Waals surface area contributed by atoms with Gasteiger partial charge in [0.1, 0.15) is 29.1 Å². The Morgan fingerprint density at radius 3 is 2.42 bits per heavy atom. The van der Waals surface area contributed by atoms with Gasteiger partial charge in [-0.05, 0) is 69.3 Å². The Kier molecular flexibility index (Phi) is 12.6. The summed E-state index contributed by atoms with van der Waals surface area (Å²) in [7, 11) is 2.58. The lowest BCUT2D eigenvalue weighted by atomic mass is 9.94. The number of anilines is 6. The van der Waals surface area contributed by atoms with E-state index in [0.29, 0.717) is 25.4 Å². The first kappa shape index (κ1) is 42.4. The third kappa shape index (κ3) is 9.33. The van der Waals surface area contributed by atoms with Crippen molar-refractivity contribution < 1.29 is 41.5 Å². The first-order valence-electron chi connectivity index (χ1n) is 20.1. The second-order valence-corrected chi connectivity index (χ2v) is 15.4. The molecule has 3 saturated heterocycles. The summed E-state index contributed by atoms with van der Waals surface area (Å²) in [6, 6.07) is 6.63. The van der Waals surface area contributed by atoms with Gasteiger partial charge in [0.15, 0.2) is 5.82 Å². The lowest BCUT2D eigenvalue weighted by molar-refractivity contribution is -0.140. The molecule has 1 aromatic heterocycles. The van der Waals surface area contributed by atoms with Gasteiger partial charge in [0.2, 0.25) is 17.8 Å². The fraction of sp³-hybridized carbons (Fsp3) is 0.500. The molecule has 4 N–H and O–H groups in total. The van der Waals surface area contributed by atoms with Gasteiger partial charge < -0.3 is 30.1 Å². The average Bonchev–Trinajstić information content (AvgIpc) is 3.30. The number of hydrogen-bond acceptors (Lipinski definition) is 13. The van der Waals surface area contributed by atoms with Crippen molar-refractivity contribution in [3.8, 4) is 5.75 Å². The Labute approximate surface area is 344 Å². The van der Waals surface area contributed by atoms with E-state index < -0.39 is 47.9 Å². The molecule has 4 aliphatic heterocycles. The van der Waals surface area contributed by atoms with E-state index in [0.717, 1.165) is 68.6 Å². The van der Waals surface area contributed by atoms with Crippen molar-refractivity contribution in [3.63, 3.8) is 0 Å². The summed E-state index contributed by atoms with van der Waals surface area (Å²) in [6.45, 7) is 6.18. The van der Waals surface area contributed by atoms with Gasteiger partial charge in [-0.15, -0.1) is 0 Å². The molecule has 1 atom stereocenters. The number of aromatic nitrogens is 2. The minimum Gasteiger partial charge on any atom is -0.495 e. The zero-order valence-electron chi connectivity index (χ0n) is 33.7. The molecule has 322 valence electrons. The molecule has 0 spiro atoms. The molecule has 0 radical (unpaired) electrons. The van der Waals surface area contributed by atoms with Crippen LogP contribution in [-0.2, 0) is 14.4 Å². The van der Waals surface area contributed by atoms with Crippen LogP contribution in [0, 0.1) is 17.6 Å². The number of halogens is 4. The summed E-state index contributed by atoms with van der Waals surface area (Å²) in [5.74, 6) is -7.09. The van der Waals surface area contributed by atoms with Crippen LogP contribution in [0.1, 0.15) is 49.4 Å². The molecular weight excluding hydrogens is 791 g/mol. The van der Waals surface area contributed by atoms with Gasteiger partial charge in [0.05, 0.1) is 36.8 Å². The molecular formula is C40H49F4N11O5. The Bertz CT molecular complexity index is 2110. The van der Waals surface area contributed by atoms with Crippen LogP contribution in [0.2, 0.25) is 0 Å². The number of piperidine rings is 2. The maximum Gasteiger partial charge on any atom is 0.342 e. The number of hydrogen-bond donors (Lipinski definition) is 4. The number of methoxy groups -OCH3 is 1. The van der Waals surface area contributed by atoms with Crippen molar-refractivity contribution >= 4 is 58.1 Å². The highest BCUT2D eigenvalue weighted by molar-refractivity contribution is 6.02. The van der Waals surface area contributed by atoms with Crippen molar-refractivity contribution in [3.05, 3.63) is 53.7 Å². The number of amides is 4. The number of ether oxygens (including phenoxy) is 1. The normalized spacial score (nSPS) is 20.4. The lowest BCUT2D eigenvalue weighted by Crippen LogP contribution is -2.48. The van der Waals surface area contributed by atoms with Crippen molar-refractivity contribution in [2.45, 2.75) is 51.0 Å². The molecule has 16 nitrogen and oxygen atoms in total. The van der Waals surface area contributed by atoms with E-state index in [1.54, 1.807) is 18.0 Å². The number of nitrogens with zero attached hydrogens (tertiary/aromatic N) is 7. The van der Waals surface area contributed by atoms with Crippen molar-refractivity contribution in [1.82, 2.24) is 30.6 Å². The quantitative estimate of drug-likeness (QED) is 0.154. The molecule has 5 heterocycles. The molecule has 0 aliphatic carbocycles. The van der Waals surface area contributed by atoms with Crippen LogP contribution in [0.5, 0.6) is 5.75 Å². The van der Waals surface area contributed by atoms with Crippen LogP contribution in [0.15, 0.2) is 36.5 Å². The second-order valence-electron chi connectivity index (χ2n) is 15.4. The zero-order valence-corrected chi connectivity index (χ0v) is 33.7. The maximum absolute atomic E-state index is 15.5. The number of benzene rings is 2. The summed E-state index contributed by atoms with van der Waals surface area (Å²) in [5.41, 5.74) is 3.78. The SMILES string of the molecule is CCN1CC(F)(F)C(=O)N(C)c2cnc(Nc3cc(F)c(C(=O)NN4CCC(CCN5CCN(c6ccc(NC7CCC(=O)NC7=O)c(F)c6)CC5)CC4)cc3OC)nc21. The fourth-order valence-corrected chi connectivity index (χ4v) is 7.98. The molecule has 0 bridgehead atoms. The molecule has 2 aromatic carbocycles. The number of carbonyl (C=O) groups is 4.